The molecule has 1 heterocycles. The number of rotatable bonds is 4. The number of benzene rings is 2. The van der Waals surface area contributed by atoms with Crippen molar-refractivity contribution in [2.75, 3.05) is 5.32 Å². The molecule has 2 aromatic carbocycles. The third-order valence-electron chi connectivity index (χ3n) is 3.58. The maximum atomic E-state index is 11.1. The Bertz CT molecular complexity index is 982. The lowest BCUT2D eigenvalue weighted by Crippen LogP contribution is -2.01. The zero-order valence-corrected chi connectivity index (χ0v) is 13.7. The lowest BCUT2D eigenvalue weighted by atomic mass is 10.1. The third-order valence-corrected chi connectivity index (χ3v) is 3.91. The van der Waals surface area contributed by atoms with Crippen LogP contribution in [0.5, 0.6) is 0 Å². The summed E-state index contributed by atoms with van der Waals surface area (Å²) in [4.78, 5) is 15.4. The van der Waals surface area contributed by atoms with Crippen molar-refractivity contribution < 1.29 is 9.90 Å². The average Bonchev–Trinajstić information content (AvgIpc) is 2.64. The molecule has 122 valence electrons. The van der Waals surface area contributed by atoms with Gasteiger partial charge in [-0.2, -0.15) is 5.26 Å². The molecule has 0 aliphatic rings. The SMILES string of the molecule is N#Cc1cc(-c2ccccc2)cnc1Nc1cc(C(=O)O)ccc1Cl. The van der Waals surface area contributed by atoms with E-state index in [0.29, 0.717) is 22.1 Å². The molecule has 0 unspecified atom stereocenters. The van der Waals surface area contributed by atoms with Crippen LogP contribution in [0, 0.1) is 11.3 Å². The number of hydrogen-bond donors (Lipinski definition) is 2. The molecule has 25 heavy (non-hydrogen) atoms. The third kappa shape index (κ3) is 3.60. The topological polar surface area (TPSA) is 86.0 Å². The molecular formula is C19H12ClN3O2. The van der Waals surface area contributed by atoms with Gasteiger partial charge in [0.25, 0.3) is 0 Å². The highest BCUT2D eigenvalue weighted by Gasteiger charge is 2.11. The highest BCUT2D eigenvalue weighted by atomic mass is 35.5. The summed E-state index contributed by atoms with van der Waals surface area (Å²) < 4.78 is 0. The summed E-state index contributed by atoms with van der Waals surface area (Å²) >= 11 is 6.11. The first-order valence-electron chi connectivity index (χ1n) is 7.34. The number of anilines is 2. The van der Waals surface area contributed by atoms with Crippen LogP contribution in [0.1, 0.15) is 15.9 Å². The molecule has 0 radical (unpaired) electrons. The van der Waals surface area contributed by atoms with E-state index in [-0.39, 0.29) is 5.56 Å². The second kappa shape index (κ2) is 7.04. The Morgan fingerprint density at radius 1 is 1.12 bits per heavy atom. The van der Waals surface area contributed by atoms with Crippen molar-refractivity contribution in [2.45, 2.75) is 0 Å². The minimum atomic E-state index is -1.06. The van der Waals surface area contributed by atoms with Crippen LogP contribution in [0.4, 0.5) is 11.5 Å². The van der Waals surface area contributed by atoms with Crippen molar-refractivity contribution >= 4 is 29.1 Å². The Labute approximate surface area is 149 Å². The van der Waals surface area contributed by atoms with Gasteiger partial charge in [-0.3, -0.25) is 0 Å². The average molecular weight is 350 g/mol. The van der Waals surface area contributed by atoms with E-state index >= 15 is 0 Å². The highest BCUT2D eigenvalue weighted by Crippen LogP contribution is 2.29. The Kier molecular flexibility index (Phi) is 4.64. The van der Waals surface area contributed by atoms with Gasteiger partial charge in [0.15, 0.2) is 0 Å². The van der Waals surface area contributed by atoms with Crippen LogP contribution in [0.2, 0.25) is 5.02 Å². The lowest BCUT2D eigenvalue weighted by Gasteiger charge is -2.11. The van der Waals surface area contributed by atoms with Gasteiger partial charge in [-0.15, -0.1) is 0 Å². The summed E-state index contributed by atoms with van der Waals surface area (Å²) in [6, 6.07) is 17.7. The molecule has 0 spiro atoms. The van der Waals surface area contributed by atoms with Gasteiger partial charge in [0.2, 0.25) is 0 Å². The van der Waals surface area contributed by atoms with E-state index in [1.807, 2.05) is 30.3 Å². The number of aromatic carboxylic acids is 1. The standard InChI is InChI=1S/C19H12ClN3O2/c20-16-7-6-13(19(24)25)9-17(16)23-18-14(10-21)8-15(11-22-18)12-4-2-1-3-5-12/h1-9,11H,(H,22,23)(H,24,25). The van der Waals surface area contributed by atoms with Gasteiger partial charge in [0.05, 0.1) is 21.8 Å². The number of pyridine rings is 1. The summed E-state index contributed by atoms with van der Waals surface area (Å²) in [5.74, 6) is -0.751. The van der Waals surface area contributed by atoms with E-state index in [0.717, 1.165) is 11.1 Å². The van der Waals surface area contributed by atoms with Crippen molar-refractivity contribution in [3.63, 3.8) is 0 Å². The van der Waals surface area contributed by atoms with Crippen molar-refractivity contribution in [3.05, 3.63) is 76.9 Å². The second-order valence-corrected chi connectivity index (χ2v) is 5.63. The van der Waals surface area contributed by atoms with Gasteiger partial charge in [0, 0.05) is 11.8 Å². The molecule has 3 rings (SSSR count). The van der Waals surface area contributed by atoms with Crippen LogP contribution in [0.3, 0.4) is 0 Å². The molecule has 0 aliphatic carbocycles. The van der Waals surface area contributed by atoms with E-state index in [2.05, 4.69) is 16.4 Å². The smallest absolute Gasteiger partial charge is 0.335 e. The molecular weight excluding hydrogens is 338 g/mol. The molecule has 3 aromatic rings. The molecule has 2 N–H and O–H groups in total. The monoisotopic (exact) mass is 349 g/mol. The number of halogens is 1. The zero-order chi connectivity index (χ0) is 17.8. The van der Waals surface area contributed by atoms with E-state index in [1.54, 1.807) is 12.3 Å². The number of carboxylic acid groups (broad SMARTS) is 1. The maximum absolute atomic E-state index is 11.1. The molecule has 0 atom stereocenters. The summed E-state index contributed by atoms with van der Waals surface area (Å²) in [5, 5.41) is 21.8. The Morgan fingerprint density at radius 2 is 1.88 bits per heavy atom. The minimum absolute atomic E-state index is 0.0892. The molecule has 1 aromatic heterocycles. The van der Waals surface area contributed by atoms with Gasteiger partial charge < -0.3 is 10.4 Å². The first kappa shape index (κ1) is 16.5. The number of nitrogens with one attached hydrogen (secondary N) is 1. The van der Waals surface area contributed by atoms with E-state index in [9.17, 15) is 10.1 Å². The van der Waals surface area contributed by atoms with Gasteiger partial charge in [-0.25, -0.2) is 9.78 Å². The van der Waals surface area contributed by atoms with Crippen molar-refractivity contribution in [1.29, 1.82) is 5.26 Å². The zero-order valence-electron chi connectivity index (χ0n) is 12.9. The van der Waals surface area contributed by atoms with Crippen LogP contribution in [0.25, 0.3) is 11.1 Å². The number of carboxylic acids is 1. The quantitative estimate of drug-likeness (QED) is 0.712. The fraction of sp³-hybridized carbons (Fsp3) is 0. The van der Waals surface area contributed by atoms with Gasteiger partial charge in [-0.1, -0.05) is 41.9 Å². The van der Waals surface area contributed by atoms with Crippen LogP contribution >= 0.6 is 11.6 Å². The Morgan fingerprint density at radius 3 is 2.56 bits per heavy atom. The molecule has 6 heteroatoms. The highest BCUT2D eigenvalue weighted by molar-refractivity contribution is 6.33. The number of aromatic nitrogens is 1. The summed E-state index contributed by atoms with van der Waals surface area (Å²) in [6.45, 7) is 0. The molecule has 0 aliphatic heterocycles. The lowest BCUT2D eigenvalue weighted by molar-refractivity contribution is 0.0697. The Hall–Kier alpha value is -3.36. The van der Waals surface area contributed by atoms with Crippen LogP contribution in [0.15, 0.2) is 60.8 Å². The van der Waals surface area contributed by atoms with E-state index in [4.69, 9.17) is 16.7 Å². The van der Waals surface area contributed by atoms with Crippen molar-refractivity contribution in [2.24, 2.45) is 0 Å². The van der Waals surface area contributed by atoms with Gasteiger partial charge in [-0.05, 0) is 29.8 Å². The van der Waals surface area contributed by atoms with Gasteiger partial charge >= 0.3 is 5.97 Å². The summed E-state index contributed by atoms with van der Waals surface area (Å²) in [6.07, 6.45) is 1.65. The van der Waals surface area contributed by atoms with Crippen molar-refractivity contribution in [1.82, 2.24) is 4.98 Å². The number of hydrogen-bond acceptors (Lipinski definition) is 4. The predicted octanol–water partition coefficient (Wildman–Crippen LogP) is 4.72. The molecule has 0 saturated heterocycles. The maximum Gasteiger partial charge on any atom is 0.335 e. The molecule has 0 amide bonds. The van der Waals surface area contributed by atoms with E-state index < -0.39 is 5.97 Å². The first-order chi connectivity index (χ1) is 12.1. The van der Waals surface area contributed by atoms with Crippen LogP contribution in [-0.4, -0.2) is 16.1 Å². The fourth-order valence-corrected chi connectivity index (χ4v) is 2.48. The normalized spacial score (nSPS) is 10.1. The van der Waals surface area contributed by atoms with Crippen molar-refractivity contribution in [3.8, 4) is 17.2 Å². The van der Waals surface area contributed by atoms with E-state index in [1.165, 1.54) is 18.2 Å². The van der Waals surface area contributed by atoms with Crippen LogP contribution < -0.4 is 5.32 Å². The molecule has 0 fully saturated rings. The summed E-state index contributed by atoms with van der Waals surface area (Å²) in [7, 11) is 0. The molecule has 0 saturated carbocycles. The molecule has 5 nitrogen and oxygen atoms in total. The van der Waals surface area contributed by atoms with Gasteiger partial charge in [0.1, 0.15) is 11.9 Å². The number of nitrogens with zero attached hydrogens (tertiary/aromatic N) is 2. The number of carbonyl (C=O) groups is 1. The predicted molar refractivity (Wildman–Crippen MR) is 96.1 cm³/mol. The number of nitriles is 1. The minimum Gasteiger partial charge on any atom is -0.478 e. The fourth-order valence-electron chi connectivity index (χ4n) is 2.32. The Balaban J connectivity index is 1.98. The molecule has 0 bridgehead atoms. The second-order valence-electron chi connectivity index (χ2n) is 5.22. The first-order valence-corrected chi connectivity index (χ1v) is 7.71. The summed E-state index contributed by atoms with van der Waals surface area (Å²) in [5.41, 5.74) is 2.56. The van der Waals surface area contributed by atoms with Crippen LogP contribution in [-0.2, 0) is 0 Å². The largest absolute Gasteiger partial charge is 0.478 e.